The lowest BCUT2D eigenvalue weighted by atomic mass is 9.97. The molecular weight excluding hydrogens is 188 g/mol. The molecule has 0 N–H and O–H groups in total. The molecule has 0 unspecified atom stereocenters. The topological polar surface area (TPSA) is 17.1 Å². The number of carbonyl (C=O) groups excluding carboxylic acids is 1. The molecule has 0 aromatic rings. The second-order valence-electron chi connectivity index (χ2n) is 2.75. The number of ketones is 1. The fourth-order valence-electron chi connectivity index (χ4n) is 0.979. The molecule has 0 saturated heterocycles. The Hall–Kier alpha value is -1.13. The Labute approximate surface area is 71.7 Å². The van der Waals surface area contributed by atoms with Gasteiger partial charge in [-0.15, -0.1) is 0 Å². The van der Waals surface area contributed by atoms with Crippen LogP contribution in [0.2, 0.25) is 0 Å². The van der Waals surface area contributed by atoms with Gasteiger partial charge in [-0.2, -0.15) is 17.6 Å². The molecule has 0 atom stereocenters. The van der Waals surface area contributed by atoms with Crippen LogP contribution in [0.5, 0.6) is 0 Å². The molecule has 0 amide bonds. The molecule has 1 aliphatic carbocycles. The molecule has 0 radical (unpaired) electrons. The Kier molecular flexibility index (Phi) is 2.05. The lowest BCUT2D eigenvalue weighted by molar-refractivity contribution is -0.116. The fraction of sp³-hybridized carbons (Fsp3) is 0.375. The van der Waals surface area contributed by atoms with Gasteiger partial charge < -0.3 is 0 Å². The van der Waals surface area contributed by atoms with Crippen LogP contribution in [0.15, 0.2) is 23.8 Å². The van der Waals surface area contributed by atoms with Crippen LogP contribution in [0, 0.1) is 0 Å². The number of rotatable bonds is 1. The van der Waals surface area contributed by atoms with Gasteiger partial charge in [0.1, 0.15) is 0 Å². The van der Waals surface area contributed by atoms with E-state index in [1.807, 2.05) is 0 Å². The molecule has 0 aromatic heterocycles. The van der Waals surface area contributed by atoms with Crippen LogP contribution in [-0.2, 0) is 4.79 Å². The van der Waals surface area contributed by atoms with E-state index >= 15 is 0 Å². The molecule has 1 rings (SSSR count). The average Bonchev–Trinajstić information content (AvgIpc) is 1.95. The highest BCUT2D eigenvalue weighted by Gasteiger charge is 2.42. The van der Waals surface area contributed by atoms with Crippen molar-refractivity contribution in [3.8, 4) is 0 Å². The maximum absolute atomic E-state index is 12.8. The highest BCUT2D eigenvalue weighted by Crippen LogP contribution is 2.35. The van der Waals surface area contributed by atoms with Crippen molar-refractivity contribution >= 4 is 5.78 Å². The van der Waals surface area contributed by atoms with Crippen molar-refractivity contribution in [1.82, 2.24) is 0 Å². The molecule has 0 aromatic carbocycles. The first-order valence-electron chi connectivity index (χ1n) is 3.45. The van der Waals surface area contributed by atoms with Crippen LogP contribution in [0.25, 0.3) is 0 Å². The second-order valence-corrected chi connectivity index (χ2v) is 2.75. The first-order valence-corrected chi connectivity index (χ1v) is 3.45. The Bertz CT molecular complexity index is 301. The summed E-state index contributed by atoms with van der Waals surface area (Å²) in [5, 5.41) is 0. The smallest absolute Gasteiger partial charge is 0.295 e. The highest BCUT2D eigenvalue weighted by molar-refractivity contribution is 5.96. The molecule has 0 bridgehead atoms. The molecule has 0 aliphatic heterocycles. The zero-order chi connectivity index (χ0) is 10.3. The number of alkyl halides is 4. The Morgan fingerprint density at radius 2 is 1.77 bits per heavy atom. The first-order chi connectivity index (χ1) is 5.75. The Morgan fingerprint density at radius 1 is 1.23 bits per heavy atom. The maximum atomic E-state index is 12.8. The summed E-state index contributed by atoms with van der Waals surface area (Å²) in [6, 6.07) is 0. The zero-order valence-corrected chi connectivity index (χ0v) is 6.65. The molecule has 5 heteroatoms. The van der Waals surface area contributed by atoms with E-state index in [0.717, 1.165) is 6.92 Å². The number of carbonyl (C=O) groups is 1. The van der Waals surface area contributed by atoms with Crippen molar-refractivity contribution in [1.29, 1.82) is 0 Å². The van der Waals surface area contributed by atoms with E-state index in [-0.39, 0.29) is 18.2 Å². The van der Waals surface area contributed by atoms with Gasteiger partial charge in [-0.1, -0.05) is 0 Å². The first kappa shape index (κ1) is 9.95. The third-order valence-electron chi connectivity index (χ3n) is 1.59. The van der Waals surface area contributed by atoms with Crippen LogP contribution in [0.4, 0.5) is 17.6 Å². The summed E-state index contributed by atoms with van der Waals surface area (Å²) < 4.78 is 50.5. The van der Waals surface area contributed by atoms with Crippen LogP contribution in [0.3, 0.4) is 0 Å². The van der Waals surface area contributed by atoms with Crippen molar-refractivity contribution in [2.45, 2.75) is 18.8 Å². The number of hydrogen-bond donors (Lipinski definition) is 0. The van der Waals surface area contributed by atoms with Crippen molar-refractivity contribution in [2.24, 2.45) is 0 Å². The normalized spacial score (nSPS) is 23.9. The summed E-state index contributed by atoms with van der Waals surface area (Å²) in [6.45, 7) is 0.828. The summed E-state index contributed by atoms with van der Waals surface area (Å²) in [4.78, 5) is 10.6. The van der Waals surface area contributed by atoms with Gasteiger partial charge in [0.2, 0.25) is 0 Å². The van der Waals surface area contributed by atoms with E-state index in [9.17, 15) is 22.4 Å². The van der Waals surface area contributed by atoms with E-state index in [4.69, 9.17) is 0 Å². The molecular formula is C8H6F4O. The number of halogens is 4. The van der Waals surface area contributed by atoms with Crippen LogP contribution < -0.4 is 0 Å². The monoisotopic (exact) mass is 194 g/mol. The third-order valence-corrected chi connectivity index (χ3v) is 1.59. The molecule has 0 saturated carbocycles. The number of Topliss-reactive ketones (excluding diaryl/α,β-unsaturated/α-hetero) is 1. The second kappa shape index (κ2) is 2.68. The minimum absolute atomic E-state index is 0.00463. The Balaban J connectivity index is 3.14. The molecule has 0 spiro atoms. The van der Waals surface area contributed by atoms with Gasteiger partial charge in [-0.05, 0) is 19.1 Å². The summed E-state index contributed by atoms with van der Waals surface area (Å²) in [5.74, 6) is -8.08. The predicted octanol–water partition coefficient (Wildman–Crippen LogP) is 2.34. The Morgan fingerprint density at radius 3 is 2.15 bits per heavy atom. The van der Waals surface area contributed by atoms with Crippen molar-refractivity contribution in [2.75, 3.05) is 0 Å². The van der Waals surface area contributed by atoms with E-state index in [1.165, 1.54) is 0 Å². The lowest BCUT2D eigenvalue weighted by Gasteiger charge is -2.21. The summed E-state index contributed by atoms with van der Waals surface area (Å²) >= 11 is 0. The quantitative estimate of drug-likeness (QED) is 0.462. The van der Waals surface area contributed by atoms with Gasteiger partial charge in [0.15, 0.2) is 5.78 Å². The van der Waals surface area contributed by atoms with E-state index in [1.54, 1.807) is 0 Å². The van der Waals surface area contributed by atoms with Gasteiger partial charge in [0.05, 0.1) is 5.57 Å². The van der Waals surface area contributed by atoms with Gasteiger partial charge in [0.25, 0.3) is 11.8 Å². The number of hydrogen-bond acceptors (Lipinski definition) is 1. The fourth-order valence-corrected chi connectivity index (χ4v) is 0.979. The summed E-state index contributed by atoms with van der Waals surface area (Å²) in [5.41, 5.74) is -1.15. The lowest BCUT2D eigenvalue weighted by Crippen LogP contribution is -2.29. The van der Waals surface area contributed by atoms with E-state index < -0.39 is 23.2 Å². The zero-order valence-electron chi connectivity index (χ0n) is 6.65. The van der Waals surface area contributed by atoms with Gasteiger partial charge >= 0.3 is 0 Å². The van der Waals surface area contributed by atoms with Crippen LogP contribution in [0.1, 0.15) is 6.92 Å². The molecule has 0 fully saturated rings. The van der Waals surface area contributed by atoms with Crippen molar-refractivity contribution in [3.05, 3.63) is 23.8 Å². The minimum atomic E-state index is -3.58. The molecule has 72 valence electrons. The summed E-state index contributed by atoms with van der Waals surface area (Å²) in [6.07, 6.45) is 0.124. The predicted molar refractivity (Wildman–Crippen MR) is 37.8 cm³/mol. The number of allylic oxidation sites excluding steroid dienone is 4. The van der Waals surface area contributed by atoms with Gasteiger partial charge in [-0.3, -0.25) is 4.79 Å². The van der Waals surface area contributed by atoms with Crippen molar-refractivity contribution in [3.63, 3.8) is 0 Å². The van der Waals surface area contributed by atoms with Gasteiger partial charge in [-0.25, -0.2) is 0 Å². The summed E-state index contributed by atoms with van der Waals surface area (Å²) in [7, 11) is 0. The maximum Gasteiger partial charge on any atom is 0.295 e. The molecule has 1 aliphatic rings. The van der Waals surface area contributed by atoms with Crippen LogP contribution >= 0.6 is 0 Å². The van der Waals surface area contributed by atoms with E-state index in [2.05, 4.69) is 0 Å². The molecule has 0 heterocycles. The van der Waals surface area contributed by atoms with Crippen LogP contribution in [-0.4, -0.2) is 17.6 Å². The molecule has 13 heavy (non-hydrogen) atoms. The average molecular weight is 194 g/mol. The van der Waals surface area contributed by atoms with Crippen molar-refractivity contribution < 1.29 is 22.4 Å². The largest absolute Gasteiger partial charge is 0.295 e. The van der Waals surface area contributed by atoms with Gasteiger partial charge in [0, 0.05) is 6.08 Å². The third kappa shape index (κ3) is 1.96. The highest BCUT2D eigenvalue weighted by atomic mass is 19.3. The molecule has 1 nitrogen and oxygen atoms in total. The van der Waals surface area contributed by atoms with E-state index in [0.29, 0.717) is 0 Å². The standard InChI is InChI=1S/C8H6F4O/c1-5(13)6-4-7(9,10)2-3-8(6,11)12/h2-4H,1H3. The SMILES string of the molecule is CC(=O)C1=CC(F)(F)C=CC1(F)F. The minimum Gasteiger partial charge on any atom is -0.295 e.